The normalized spacial score (nSPS) is 25.5. The topological polar surface area (TPSA) is 57.8 Å². The van der Waals surface area contributed by atoms with Gasteiger partial charge in [-0.3, -0.25) is 4.79 Å². The third-order valence-electron chi connectivity index (χ3n) is 3.00. The molecule has 0 spiro atoms. The number of rotatable bonds is 2. The third kappa shape index (κ3) is 2.22. The van der Waals surface area contributed by atoms with Gasteiger partial charge in [0.1, 0.15) is 4.47 Å². The first kappa shape index (κ1) is 10.7. The highest BCUT2D eigenvalue weighted by molar-refractivity contribution is 9.10. The Hall–Kier alpha value is -0.840. The highest BCUT2D eigenvalue weighted by atomic mass is 79.9. The van der Waals surface area contributed by atoms with Crippen LogP contribution >= 0.6 is 15.9 Å². The van der Waals surface area contributed by atoms with Gasteiger partial charge in [0, 0.05) is 6.04 Å². The molecule has 1 heterocycles. The lowest BCUT2D eigenvalue weighted by Crippen LogP contribution is -2.24. The average molecular weight is 272 g/mol. The summed E-state index contributed by atoms with van der Waals surface area (Å²) in [5, 5.41) is 9.54. The number of nitrogens with zero attached hydrogens (tertiary/aromatic N) is 1. The van der Waals surface area contributed by atoms with E-state index in [-0.39, 0.29) is 5.56 Å². The van der Waals surface area contributed by atoms with Gasteiger partial charge in [-0.05, 0) is 34.7 Å². The van der Waals surface area contributed by atoms with Crippen molar-refractivity contribution in [2.45, 2.75) is 32.2 Å². The first-order valence-corrected chi connectivity index (χ1v) is 5.97. The van der Waals surface area contributed by atoms with Crippen molar-refractivity contribution in [3.8, 4) is 0 Å². The van der Waals surface area contributed by atoms with Crippen molar-refractivity contribution in [1.82, 2.24) is 10.2 Å². The molecule has 0 radical (unpaired) electrons. The molecule has 2 atom stereocenters. The molecule has 1 aliphatic rings. The molecule has 5 heteroatoms. The number of hydrogen-bond donors (Lipinski definition) is 2. The van der Waals surface area contributed by atoms with Crippen molar-refractivity contribution in [3.63, 3.8) is 0 Å². The van der Waals surface area contributed by atoms with Gasteiger partial charge in [-0.15, -0.1) is 0 Å². The number of halogens is 1. The second kappa shape index (κ2) is 4.35. The second-order valence-electron chi connectivity index (χ2n) is 4.09. The van der Waals surface area contributed by atoms with E-state index in [1.54, 1.807) is 6.20 Å². The molecule has 1 aromatic rings. The van der Waals surface area contributed by atoms with E-state index in [0.29, 0.717) is 16.4 Å². The van der Waals surface area contributed by atoms with Crippen LogP contribution in [0.15, 0.2) is 15.5 Å². The van der Waals surface area contributed by atoms with Crippen molar-refractivity contribution in [1.29, 1.82) is 0 Å². The lowest BCUT2D eigenvalue weighted by Gasteiger charge is -2.18. The zero-order valence-corrected chi connectivity index (χ0v) is 10.2. The van der Waals surface area contributed by atoms with Gasteiger partial charge in [-0.1, -0.05) is 13.3 Å². The monoisotopic (exact) mass is 271 g/mol. The minimum absolute atomic E-state index is 0.189. The van der Waals surface area contributed by atoms with E-state index in [0.717, 1.165) is 5.69 Å². The molecule has 1 saturated carbocycles. The quantitative estimate of drug-likeness (QED) is 0.867. The van der Waals surface area contributed by atoms with Gasteiger partial charge in [-0.25, -0.2) is 5.10 Å². The van der Waals surface area contributed by atoms with E-state index in [1.807, 2.05) is 0 Å². The Balaban J connectivity index is 2.17. The molecule has 0 aliphatic heterocycles. The predicted molar refractivity (Wildman–Crippen MR) is 63.0 cm³/mol. The lowest BCUT2D eigenvalue weighted by atomic mass is 10.1. The largest absolute Gasteiger partial charge is 0.380 e. The fourth-order valence-corrected chi connectivity index (χ4v) is 2.35. The Bertz CT molecular complexity index is 404. The van der Waals surface area contributed by atoms with Crippen molar-refractivity contribution in [2.75, 3.05) is 5.32 Å². The van der Waals surface area contributed by atoms with Crippen molar-refractivity contribution in [3.05, 3.63) is 21.0 Å². The van der Waals surface area contributed by atoms with Crippen LogP contribution < -0.4 is 10.9 Å². The second-order valence-corrected chi connectivity index (χ2v) is 4.88. The van der Waals surface area contributed by atoms with E-state index in [4.69, 9.17) is 0 Å². The number of hydrogen-bond acceptors (Lipinski definition) is 3. The fourth-order valence-electron chi connectivity index (χ4n) is 2.04. The van der Waals surface area contributed by atoms with Crippen LogP contribution in [-0.2, 0) is 0 Å². The minimum atomic E-state index is -0.189. The smallest absolute Gasteiger partial charge is 0.280 e. The van der Waals surface area contributed by atoms with E-state index in [9.17, 15) is 4.79 Å². The summed E-state index contributed by atoms with van der Waals surface area (Å²) in [5.41, 5.74) is 0.600. The number of H-pyrrole nitrogens is 1. The predicted octanol–water partition coefficient (Wildman–Crippen LogP) is 2.13. The summed E-state index contributed by atoms with van der Waals surface area (Å²) in [6, 6.07) is 0.463. The summed E-state index contributed by atoms with van der Waals surface area (Å²) in [6.45, 7) is 2.24. The van der Waals surface area contributed by atoms with Crippen LogP contribution in [0.3, 0.4) is 0 Å². The van der Waals surface area contributed by atoms with Gasteiger partial charge in [0.2, 0.25) is 0 Å². The minimum Gasteiger partial charge on any atom is -0.380 e. The Morgan fingerprint density at radius 2 is 2.40 bits per heavy atom. The summed E-state index contributed by atoms with van der Waals surface area (Å²) in [6.07, 6.45) is 5.33. The molecule has 0 aromatic carbocycles. The summed E-state index contributed by atoms with van der Waals surface area (Å²) in [7, 11) is 0. The van der Waals surface area contributed by atoms with Gasteiger partial charge in [0.05, 0.1) is 11.9 Å². The maximum atomic E-state index is 11.3. The molecular weight excluding hydrogens is 258 g/mol. The molecule has 1 aliphatic carbocycles. The summed E-state index contributed by atoms with van der Waals surface area (Å²) < 4.78 is 0.539. The Morgan fingerprint density at radius 1 is 1.60 bits per heavy atom. The Kier molecular flexibility index (Phi) is 3.09. The molecule has 4 nitrogen and oxygen atoms in total. The number of aromatic amines is 1. The maximum Gasteiger partial charge on any atom is 0.280 e. The van der Waals surface area contributed by atoms with Crippen LogP contribution in [0.25, 0.3) is 0 Å². The van der Waals surface area contributed by atoms with E-state index < -0.39 is 0 Å². The third-order valence-corrected chi connectivity index (χ3v) is 3.79. The SMILES string of the molecule is CC1CCCC1Nc1cn[nH]c(=O)c1Br. The lowest BCUT2D eigenvalue weighted by molar-refractivity contribution is 0.555. The van der Waals surface area contributed by atoms with Crippen LogP contribution in [-0.4, -0.2) is 16.2 Å². The molecule has 2 rings (SSSR count). The van der Waals surface area contributed by atoms with Gasteiger partial charge in [0.25, 0.3) is 5.56 Å². The molecular formula is C10H14BrN3O. The summed E-state index contributed by atoms with van der Waals surface area (Å²) >= 11 is 3.26. The molecule has 2 N–H and O–H groups in total. The summed E-state index contributed by atoms with van der Waals surface area (Å²) in [4.78, 5) is 11.3. The van der Waals surface area contributed by atoms with Crippen LogP contribution in [0.5, 0.6) is 0 Å². The van der Waals surface area contributed by atoms with Crippen LogP contribution in [0.2, 0.25) is 0 Å². The number of anilines is 1. The van der Waals surface area contributed by atoms with Crippen LogP contribution in [0.4, 0.5) is 5.69 Å². The Morgan fingerprint density at radius 3 is 3.07 bits per heavy atom. The highest BCUT2D eigenvalue weighted by Gasteiger charge is 2.23. The van der Waals surface area contributed by atoms with Gasteiger partial charge in [-0.2, -0.15) is 5.10 Å². The molecule has 1 fully saturated rings. The Labute approximate surface area is 96.6 Å². The van der Waals surface area contributed by atoms with Crippen LogP contribution in [0.1, 0.15) is 26.2 Å². The van der Waals surface area contributed by atoms with Crippen LogP contribution in [0, 0.1) is 5.92 Å². The average Bonchev–Trinajstić information content (AvgIpc) is 2.60. The van der Waals surface area contributed by atoms with E-state index >= 15 is 0 Å². The first-order chi connectivity index (χ1) is 7.18. The fraction of sp³-hybridized carbons (Fsp3) is 0.600. The standard InChI is InChI=1S/C10H14BrN3O/c1-6-3-2-4-7(6)13-8-5-12-14-10(15)9(8)11/h5-7H,2-4H2,1H3,(H2,13,14,15). The molecule has 0 bridgehead atoms. The summed E-state index contributed by atoms with van der Waals surface area (Å²) in [5.74, 6) is 0.663. The van der Waals surface area contributed by atoms with Gasteiger partial charge in [0.15, 0.2) is 0 Å². The van der Waals surface area contributed by atoms with E-state index in [2.05, 4.69) is 38.4 Å². The zero-order valence-electron chi connectivity index (χ0n) is 8.59. The molecule has 15 heavy (non-hydrogen) atoms. The molecule has 82 valence electrons. The van der Waals surface area contributed by atoms with Crippen molar-refractivity contribution >= 4 is 21.6 Å². The van der Waals surface area contributed by atoms with Crippen molar-refractivity contribution < 1.29 is 0 Å². The number of aromatic nitrogens is 2. The zero-order chi connectivity index (χ0) is 10.8. The first-order valence-electron chi connectivity index (χ1n) is 5.18. The molecule has 0 amide bonds. The highest BCUT2D eigenvalue weighted by Crippen LogP contribution is 2.29. The van der Waals surface area contributed by atoms with Gasteiger partial charge < -0.3 is 5.32 Å². The van der Waals surface area contributed by atoms with Gasteiger partial charge >= 0.3 is 0 Å². The maximum absolute atomic E-state index is 11.3. The molecule has 2 unspecified atom stereocenters. The molecule has 0 saturated heterocycles. The van der Waals surface area contributed by atoms with Crippen molar-refractivity contribution in [2.24, 2.45) is 5.92 Å². The van der Waals surface area contributed by atoms with E-state index in [1.165, 1.54) is 19.3 Å². The number of nitrogens with one attached hydrogen (secondary N) is 2. The molecule has 1 aromatic heterocycles.